The van der Waals surface area contributed by atoms with Crippen LogP contribution < -0.4 is 11.1 Å². The van der Waals surface area contributed by atoms with Gasteiger partial charge in [0, 0.05) is 24.0 Å². The van der Waals surface area contributed by atoms with Crippen molar-refractivity contribution in [1.29, 1.82) is 0 Å². The number of amides is 1. The van der Waals surface area contributed by atoms with Gasteiger partial charge in [-0.15, -0.1) is 0 Å². The summed E-state index contributed by atoms with van der Waals surface area (Å²) in [5, 5.41) is 2.84. The molecule has 0 saturated heterocycles. The SMILES string of the molecule is Nc1nccnc1C(=O)OC(C(=O)NC1CC1)c1ccccc1. The van der Waals surface area contributed by atoms with Crippen molar-refractivity contribution >= 4 is 17.7 Å². The van der Waals surface area contributed by atoms with E-state index in [1.165, 1.54) is 12.4 Å². The van der Waals surface area contributed by atoms with E-state index in [9.17, 15) is 9.59 Å². The number of nitrogen functional groups attached to an aromatic ring is 1. The maximum atomic E-state index is 12.4. The van der Waals surface area contributed by atoms with E-state index in [1.54, 1.807) is 24.3 Å². The van der Waals surface area contributed by atoms with Crippen molar-refractivity contribution in [1.82, 2.24) is 15.3 Å². The molecule has 118 valence electrons. The summed E-state index contributed by atoms with van der Waals surface area (Å²) in [6.45, 7) is 0. The lowest BCUT2D eigenvalue weighted by atomic mass is 10.1. The zero-order valence-corrected chi connectivity index (χ0v) is 12.3. The lowest BCUT2D eigenvalue weighted by Crippen LogP contribution is -2.33. The number of esters is 1. The molecule has 0 spiro atoms. The molecule has 1 heterocycles. The van der Waals surface area contributed by atoms with Crippen LogP contribution in [-0.2, 0) is 9.53 Å². The molecule has 3 N–H and O–H groups in total. The average molecular weight is 312 g/mol. The maximum absolute atomic E-state index is 12.4. The average Bonchev–Trinajstić information content (AvgIpc) is 3.37. The number of carbonyl (C=O) groups excluding carboxylic acids is 2. The molecule has 2 aromatic rings. The van der Waals surface area contributed by atoms with Gasteiger partial charge < -0.3 is 15.8 Å². The number of hydrogen-bond acceptors (Lipinski definition) is 6. The minimum absolute atomic E-state index is 0.0353. The number of ether oxygens (including phenoxy) is 1. The Kier molecular flexibility index (Phi) is 4.18. The van der Waals surface area contributed by atoms with Gasteiger partial charge in [-0.25, -0.2) is 14.8 Å². The predicted octanol–water partition coefficient (Wildman–Crippen LogP) is 1.24. The highest BCUT2D eigenvalue weighted by atomic mass is 16.5. The van der Waals surface area contributed by atoms with Gasteiger partial charge in [0.05, 0.1) is 0 Å². The quantitative estimate of drug-likeness (QED) is 0.804. The van der Waals surface area contributed by atoms with Crippen LogP contribution in [0.1, 0.15) is 35.0 Å². The summed E-state index contributed by atoms with van der Waals surface area (Å²) >= 11 is 0. The zero-order valence-electron chi connectivity index (χ0n) is 12.3. The minimum atomic E-state index is -1.05. The first-order valence-corrected chi connectivity index (χ1v) is 7.28. The van der Waals surface area contributed by atoms with Crippen LogP contribution in [0, 0.1) is 0 Å². The molecule has 1 unspecified atom stereocenters. The number of carbonyl (C=O) groups is 2. The molecule has 7 nitrogen and oxygen atoms in total. The van der Waals surface area contributed by atoms with E-state index in [1.807, 2.05) is 6.07 Å². The Morgan fingerprint density at radius 1 is 1.17 bits per heavy atom. The van der Waals surface area contributed by atoms with E-state index < -0.39 is 12.1 Å². The molecule has 7 heteroatoms. The standard InChI is InChI=1S/C16H16N4O3/c17-14-12(18-8-9-19-14)16(22)23-13(10-4-2-1-3-5-10)15(21)20-11-6-7-11/h1-5,8-9,11,13H,6-7H2,(H2,17,19)(H,20,21). The van der Waals surface area contributed by atoms with Crippen LogP contribution in [0.5, 0.6) is 0 Å². The molecule has 1 aromatic carbocycles. The molecule has 3 rings (SSSR count). The van der Waals surface area contributed by atoms with Gasteiger partial charge in [0.1, 0.15) is 0 Å². The van der Waals surface area contributed by atoms with E-state index in [0.717, 1.165) is 12.8 Å². The number of hydrogen-bond donors (Lipinski definition) is 2. The second-order valence-corrected chi connectivity index (χ2v) is 5.27. The van der Waals surface area contributed by atoms with Gasteiger partial charge in [0.25, 0.3) is 5.91 Å². The van der Waals surface area contributed by atoms with E-state index in [2.05, 4.69) is 15.3 Å². The molecule has 1 aromatic heterocycles. The van der Waals surface area contributed by atoms with Crippen molar-refractivity contribution in [3.8, 4) is 0 Å². The lowest BCUT2D eigenvalue weighted by Gasteiger charge is -2.18. The van der Waals surface area contributed by atoms with Gasteiger partial charge in [-0.1, -0.05) is 30.3 Å². The highest BCUT2D eigenvalue weighted by molar-refractivity contribution is 5.94. The van der Waals surface area contributed by atoms with Crippen molar-refractivity contribution in [3.05, 3.63) is 54.0 Å². The Labute approximate surface area is 132 Å². The fraction of sp³-hybridized carbons (Fsp3) is 0.250. The summed E-state index contributed by atoms with van der Waals surface area (Å²) in [6, 6.07) is 8.99. The Morgan fingerprint density at radius 3 is 2.52 bits per heavy atom. The van der Waals surface area contributed by atoms with Crippen LogP contribution in [0.15, 0.2) is 42.7 Å². The number of nitrogens with two attached hydrogens (primary N) is 1. The highest BCUT2D eigenvalue weighted by Crippen LogP contribution is 2.24. The largest absolute Gasteiger partial charge is 0.442 e. The summed E-state index contributed by atoms with van der Waals surface area (Å²) in [7, 11) is 0. The second-order valence-electron chi connectivity index (χ2n) is 5.27. The summed E-state index contributed by atoms with van der Waals surface area (Å²) in [5.41, 5.74) is 6.11. The summed E-state index contributed by atoms with van der Waals surface area (Å²) in [5.74, 6) is -1.17. The Morgan fingerprint density at radius 2 is 1.87 bits per heavy atom. The number of benzene rings is 1. The van der Waals surface area contributed by atoms with Crippen LogP contribution in [0.2, 0.25) is 0 Å². The monoisotopic (exact) mass is 312 g/mol. The van der Waals surface area contributed by atoms with Crippen molar-refractivity contribution in [2.45, 2.75) is 25.0 Å². The molecule has 1 atom stereocenters. The third kappa shape index (κ3) is 3.63. The maximum Gasteiger partial charge on any atom is 0.361 e. The Hall–Kier alpha value is -2.96. The van der Waals surface area contributed by atoms with E-state index in [4.69, 9.17) is 10.5 Å². The first kappa shape index (κ1) is 15.0. The minimum Gasteiger partial charge on any atom is -0.442 e. The van der Waals surface area contributed by atoms with Gasteiger partial charge in [-0.3, -0.25) is 4.79 Å². The predicted molar refractivity (Wildman–Crippen MR) is 82.2 cm³/mol. The number of aromatic nitrogens is 2. The molecule has 0 radical (unpaired) electrons. The summed E-state index contributed by atoms with van der Waals surface area (Å²) < 4.78 is 5.36. The summed E-state index contributed by atoms with van der Waals surface area (Å²) in [6.07, 6.45) is 3.55. The number of anilines is 1. The Balaban J connectivity index is 1.82. The topological polar surface area (TPSA) is 107 Å². The van der Waals surface area contributed by atoms with Crippen molar-refractivity contribution in [2.75, 3.05) is 5.73 Å². The molecular weight excluding hydrogens is 296 g/mol. The number of rotatable bonds is 5. The van der Waals surface area contributed by atoms with Gasteiger partial charge in [-0.05, 0) is 12.8 Å². The molecule has 1 aliphatic rings. The smallest absolute Gasteiger partial charge is 0.361 e. The highest BCUT2D eigenvalue weighted by Gasteiger charge is 2.31. The molecule has 1 aliphatic carbocycles. The molecule has 1 amide bonds. The molecule has 1 saturated carbocycles. The van der Waals surface area contributed by atoms with Gasteiger partial charge in [-0.2, -0.15) is 0 Å². The van der Waals surface area contributed by atoms with Gasteiger partial charge >= 0.3 is 5.97 Å². The fourth-order valence-corrected chi connectivity index (χ4v) is 2.07. The van der Waals surface area contributed by atoms with E-state index in [0.29, 0.717) is 5.56 Å². The van der Waals surface area contributed by atoms with Crippen molar-refractivity contribution < 1.29 is 14.3 Å². The third-order valence-electron chi connectivity index (χ3n) is 3.41. The normalized spacial score (nSPS) is 14.8. The summed E-state index contributed by atoms with van der Waals surface area (Å²) in [4.78, 5) is 32.3. The van der Waals surface area contributed by atoms with Crippen molar-refractivity contribution in [3.63, 3.8) is 0 Å². The van der Waals surface area contributed by atoms with Crippen LogP contribution in [0.4, 0.5) is 5.82 Å². The van der Waals surface area contributed by atoms with Crippen LogP contribution >= 0.6 is 0 Å². The molecule has 0 bridgehead atoms. The Bertz CT molecular complexity index is 716. The fourth-order valence-electron chi connectivity index (χ4n) is 2.07. The second kappa shape index (κ2) is 6.43. The van der Waals surface area contributed by atoms with Crippen molar-refractivity contribution in [2.24, 2.45) is 0 Å². The first-order chi connectivity index (χ1) is 11.1. The first-order valence-electron chi connectivity index (χ1n) is 7.28. The van der Waals surface area contributed by atoms with Crippen LogP contribution in [0.25, 0.3) is 0 Å². The number of nitrogens with one attached hydrogen (secondary N) is 1. The van der Waals surface area contributed by atoms with Crippen LogP contribution in [-0.4, -0.2) is 27.9 Å². The lowest BCUT2D eigenvalue weighted by molar-refractivity contribution is -0.130. The molecular formula is C16H16N4O3. The van der Waals surface area contributed by atoms with Gasteiger partial charge in [0.2, 0.25) is 6.10 Å². The number of nitrogens with zero attached hydrogens (tertiary/aromatic N) is 2. The zero-order chi connectivity index (χ0) is 16.2. The van der Waals surface area contributed by atoms with E-state index in [-0.39, 0.29) is 23.5 Å². The van der Waals surface area contributed by atoms with Crippen LogP contribution in [0.3, 0.4) is 0 Å². The third-order valence-corrected chi connectivity index (χ3v) is 3.41. The van der Waals surface area contributed by atoms with E-state index >= 15 is 0 Å². The molecule has 23 heavy (non-hydrogen) atoms. The van der Waals surface area contributed by atoms with Gasteiger partial charge in [0.15, 0.2) is 11.5 Å². The molecule has 0 aliphatic heterocycles. The molecule has 1 fully saturated rings.